The van der Waals surface area contributed by atoms with E-state index >= 15 is 0 Å². The lowest BCUT2D eigenvalue weighted by Crippen LogP contribution is -2.33. The zero-order valence-corrected chi connectivity index (χ0v) is 12.6. The van der Waals surface area contributed by atoms with Crippen LogP contribution in [0.3, 0.4) is 0 Å². The Labute approximate surface area is 114 Å². The van der Waals surface area contributed by atoms with Crippen LogP contribution in [-0.2, 0) is 0 Å². The van der Waals surface area contributed by atoms with Gasteiger partial charge in [-0.3, -0.25) is 0 Å². The second kappa shape index (κ2) is 7.53. The van der Waals surface area contributed by atoms with E-state index in [2.05, 4.69) is 19.2 Å². The van der Waals surface area contributed by atoms with Crippen LogP contribution in [0.4, 0.5) is 0 Å². The normalized spacial score (nSPS) is 38.3. The van der Waals surface area contributed by atoms with E-state index in [0.717, 1.165) is 30.2 Å². The number of nitrogens with one attached hydrogen (secondary N) is 1. The van der Waals surface area contributed by atoms with Crippen molar-refractivity contribution in [2.24, 2.45) is 23.7 Å². The summed E-state index contributed by atoms with van der Waals surface area (Å²) in [4.78, 5) is 0. The first kappa shape index (κ1) is 14.4. The van der Waals surface area contributed by atoms with Gasteiger partial charge < -0.3 is 5.32 Å². The Morgan fingerprint density at radius 2 is 1.61 bits per heavy atom. The fourth-order valence-electron chi connectivity index (χ4n) is 4.33. The molecule has 1 N–H and O–H groups in total. The Morgan fingerprint density at radius 3 is 2.33 bits per heavy atom. The molecule has 2 aliphatic rings. The van der Waals surface area contributed by atoms with E-state index in [4.69, 9.17) is 0 Å². The summed E-state index contributed by atoms with van der Waals surface area (Å²) < 4.78 is 0. The largest absolute Gasteiger partial charge is 0.317 e. The fourth-order valence-corrected chi connectivity index (χ4v) is 4.33. The molecule has 2 aliphatic carbocycles. The molecule has 0 radical (unpaired) electrons. The molecule has 2 rings (SSSR count). The Kier molecular flexibility index (Phi) is 6.01. The standard InChI is InChI=1S/C17H33N/c1-3-18-13-16-7-5-4-6-8-17(16)15-11-9-14(2)10-12-15/h14-18H,3-13H2,1-2H3. The molecule has 2 atom stereocenters. The highest BCUT2D eigenvalue weighted by atomic mass is 14.8. The van der Waals surface area contributed by atoms with E-state index in [1.807, 2.05) is 0 Å². The van der Waals surface area contributed by atoms with Gasteiger partial charge in [-0.2, -0.15) is 0 Å². The summed E-state index contributed by atoms with van der Waals surface area (Å²) in [7, 11) is 0. The van der Waals surface area contributed by atoms with Crippen LogP contribution in [0.5, 0.6) is 0 Å². The number of rotatable bonds is 4. The minimum Gasteiger partial charge on any atom is -0.317 e. The topological polar surface area (TPSA) is 12.0 Å². The Hall–Kier alpha value is -0.0400. The van der Waals surface area contributed by atoms with E-state index in [9.17, 15) is 0 Å². The van der Waals surface area contributed by atoms with Crippen molar-refractivity contribution in [1.29, 1.82) is 0 Å². The number of hydrogen-bond acceptors (Lipinski definition) is 1. The molecule has 0 spiro atoms. The molecule has 0 aromatic rings. The second-order valence-electron chi connectivity index (χ2n) is 6.89. The molecule has 106 valence electrons. The van der Waals surface area contributed by atoms with Crippen molar-refractivity contribution < 1.29 is 0 Å². The molecule has 0 saturated heterocycles. The first-order chi connectivity index (χ1) is 8.81. The zero-order valence-electron chi connectivity index (χ0n) is 12.6. The fraction of sp³-hybridized carbons (Fsp3) is 1.00. The maximum absolute atomic E-state index is 3.62. The van der Waals surface area contributed by atoms with Gasteiger partial charge >= 0.3 is 0 Å². The van der Waals surface area contributed by atoms with Crippen molar-refractivity contribution in [3.8, 4) is 0 Å². The maximum Gasteiger partial charge on any atom is -0.00179 e. The zero-order chi connectivity index (χ0) is 12.8. The molecule has 2 saturated carbocycles. The first-order valence-corrected chi connectivity index (χ1v) is 8.52. The third-order valence-corrected chi connectivity index (χ3v) is 5.54. The lowest BCUT2D eigenvalue weighted by atomic mass is 9.70. The highest BCUT2D eigenvalue weighted by molar-refractivity contribution is 4.83. The van der Waals surface area contributed by atoms with Gasteiger partial charge in [-0.15, -0.1) is 0 Å². The lowest BCUT2D eigenvalue weighted by molar-refractivity contribution is 0.146. The highest BCUT2D eigenvalue weighted by Crippen LogP contribution is 2.41. The van der Waals surface area contributed by atoms with Gasteiger partial charge in [-0.05, 0) is 62.4 Å². The molecule has 1 heteroatoms. The van der Waals surface area contributed by atoms with Crippen LogP contribution in [0.2, 0.25) is 0 Å². The molecule has 0 aromatic carbocycles. The van der Waals surface area contributed by atoms with Crippen LogP contribution in [0.1, 0.15) is 71.6 Å². The molecule has 1 nitrogen and oxygen atoms in total. The molecule has 0 aromatic heterocycles. The molecular weight excluding hydrogens is 218 g/mol. The van der Waals surface area contributed by atoms with Crippen LogP contribution in [0.15, 0.2) is 0 Å². The van der Waals surface area contributed by atoms with Gasteiger partial charge in [0, 0.05) is 0 Å². The molecule has 18 heavy (non-hydrogen) atoms. The minimum absolute atomic E-state index is 0.978. The average molecular weight is 251 g/mol. The molecule has 0 bridgehead atoms. The summed E-state index contributed by atoms with van der Waals surface area (Å²) in [6, 6.07) is 0. The van der Waals surface area contributed by atoms with E-state index in [-0.39, 0.29) is 0 Å². The third kappa shape index (κ3) is 3.98. The Morgan fingerprint density at radius 1 is 0.889 bits per heavy atom. The van der Waals surface area contributed by atoms with Crippen LogP contribution in [-0.4, -0.2) is 13.1 Å². The summed E-state index contributed by atoms with van der Waals surface area (Å²) in [6.45, 7) is 7.12. The van der Waals surface area contributed by atoms with Crippen LogP contribution in [0.25, 0.3) is 0 Å². The summed E-state index contributed by atoms with van der Waals surface area (Å²) in [5, 5.41) is 3.62. The monoisotopic (exact) mass is 251 g/mol. The smallest absolute Gasteiger partial charge is 0.00179 e. The van der Waals surface area contributed by atoms with E-state index in [1.165, 1.54) is 64.3 Å². The van der Waals surface area contributed by atoms with Crippen molar-refractivity contribution in [3.63, 3.8) is 0 Å². The SMILES string of the molecule is CCNCC1CCCCCC1C1CCC(C)CC1. The van der Waals surface area contributed by atoms with Gasteiger partial charge in [0.2, 0.25) is 0 Å². The molecule has 0 heterocycles. The van der Waals surface area contributed by atoms with E-state index in [0.29, 0.717) is 0 Å². The van der Waals surface area contributed by atoms with Crippen molar-refractivity contribution in [3.05, 3.63) is 0 Å². The lowest BCUT2D eigenvalue weighted by Gasteiger charge is -2.37. The van der Waals surface area contributed by atoms with Gasteiger partial charge in [0.15, 0.2) is 0 Å². The predicted octanol–water partition coefficient (Wildman–Crippen LogP) is 4.62. The molecule has 2 fully saturated rings. The average Bonchev–Trinajstić information content (AvgIpc) is 2.62. The van der Waals surface area contributed by atoms with Crippen LogP contribution < -0.4 is 5.32 Å². The van der Waals surface area contributed by atoms with E-state index < -0.39 is 0 Å². The van der Waals surface area contributed by atoms with Crippen molar-refractivity contribution in [1.82, 2.24) is 5.32 Å². The minimum atomic E-state index is 0.978. The van der Waals surface area contributed by atoms with Gasteiger partial charge in [-0.1, -0.05) is 46.0 Å². The van der Waals surface area contributed by atoms with Crippen molar-refractivity contribution in [2.75, 3.05) is 13.1 Å². The number of hydrogen-bond donors (Lipinski definition) is 1. The Balaban J connectivity index is 1.91. The second-order valence-corrected chi connectivity index (χ2v) is 6.89. The molecule has 0 amide bonds. The van der Waals surface area contributed by atoms with Crippen LogP contribution >= 0.6 is 0 Å². The van der Waals surface area contributed by atoms with Crippen LogP contribution in [0, 0.1) is 23.7 Å². The van der Waals surface area contributed by atoms with Crippen molar-refractivity contribution >= 4 is 0 Å². The molecule has 0 aliphatic heterocycles. The van der Waals surface area contributed by atoms with Crippen molar-refractivity contribution in [2.45, 2.75) is 71.6 Å². The highest BCUT2D eigenvalue weighted by Gasteiger charge is 2.32. The molecule has 2 unspecified atom stereocenters. The third-order valence-electron chi connectivity index (χ3n) is 5.54. The summed E-state index contributed by atoms with van der Waals surface area (Å²) in [6.07, 6.45) is 13.5. The first-order valence-electron chi connectivity index (χ1n) is 8.52. The van der Waals surface area contributed by atoms with Gasteiger partial charge in [0.05, 0.1) is 0 Å². The summed E-state index contributed by atoms with van der Waals surface area (Å²) >= 11 is 0. The Bertz CT molecular complexity index is 218. The molecular formula is C17H33N. The maximum atomic E-state index is 3.62. The summed E-state index contributed by atoms with van der Waals surface area (Å²) in [5.41, 5.74) is 0. The van der Waals surface area contributed by atoms with Gasteiger partial charge in [-0.25, -0.2) is 0 Å². The van der Waals surface area contributed by atoms with E-state index in [1.54, 1.807) is 0 Å². The summed E-state index contributed by atoms with van der Waals surface area (Å²) in [5.74, 6) is 4.08. The van der Waals surface area contributed by atoms with Gasteiger partial charge in [0.25, 0.3) is 0 Å². The van der Waals surface area contributed by atoms with Gasteiger partial charge in [0.1, 0.15) is 0 Å². The quantitative estimate of drug-likeness (QED) is 0.719. The predicted molar refractivity (Wildman–Crippen MR) is 79.7 cm³/mol.